The lowest BCUT2D eigenvalue weighted by molar-refractivity contribution is 0.292. The van der Waals surface area contributed by atoms with Gasteiger partial charge >= 0.3 is 0 Å². The molecule has 3 N–H and O–H groups in total. The van der Waals surface area contributed by atoms with E-state index in [1.807, 2.05) is 13.0 Å². The van der Waals surface area contributed by atoms with Gasteiger partial charge < -0.3 is 15.7 Å². The van der Waals surface area contributed by atoms with Crippen LogP contribution in [0.1, 0.15) is 26.1 Å². The first kappa shape index (κ1) is 12.7. The summed E-state index contributed by atoms with van der Waals surface area (Å²) in [6.07, 6.45) is 0.718. The number of nitrogens with zero attached hydrogens (tertiary/aromatic N) is 2. The van der Waals surface area contributed by atoms with Crippen LogP contribution in [0.4, 0.5) is 11.6 Å². The Morgan fingerprint density at radius 3 is 2.62 bits per heavy atom. The van der Waals surface area contributed by atoms with Gasteiger partial charge in [-0.2, -0.15) is 0 Å². The van der Waals surface area contributed by atoms with Crippen molar-refractivity contribution < 1.29 is 5.11 Å². The van der Waals surface area contributed by atoms with Crippen LogP contribution < -0.4 is 10.6 Å². The average Bonchev–Trinajstić information content (AvgIpc) is 2.16. The number of hydrogen-bond donors (Lipinski definition) is 3. The first-order valence-electron chi connectivity index (χ1n) is 5.58. The van der Waals surface area contributed by atoms with E-state index in [9.17, 15) is 0 Å². The van der Waals surface area contributed by atoms with Crippen molar-refractivity contribution in [3.8, 4) is 0 Å². The first-order chi connectivity index (χ1) is 7.61. The molecule has 0 radical (unpaired) electrons. The van der Waals surface area contributed by atoms with Gasteiger partial charge in [-0.3, -0.25) is 0 Å². The number of hydrogen-bond acceptors (Lipinski definition) is 5. The minimum absolute atomic E-state index is 0.189. The van der Waals surface area contributed by atoms with Crippen molar-refractivity contribution in [1.82, 2.24) is 9.97 Å². The number of nitrogens with one attached hydrogen (secondary N) is 2. The second kappa shape index (κ2) is 6.27. The standard InChI is InChI=1S/C11H20N4O/c1-8(2)13-11-7-10(12-5-4-6-16)14-9(3)15-11/h7-8,16H,4-6H2,1-3H3,(H2,12,13,14,15). The molecule has 0 aromatic carbocycles. The highest BCUT2D eigenvalue weighted by molar-refractivity contribution is 5.47. The van der Waals surface area contributed by atoms with Crippen LogP contribution in [0.2, 0.25) is 0 Å². The summed E-state index contributed by atoms with van der Waals surface area (Å²) >= 11 is 0. The van der Waals surface area contributed by atoms with E-state index >= 15 is 0 Å². The van der Waals surface area contributed by atoms with Gasteiger partial charge in [-0.05, 0) is 27.2 Å². The lowest BCUT2D eigenvalue weighted by Crippen LogP contribution is -2.13. The second-order valence-electron chi connectivity index (χ2n) is 3.99. The van der Waals surface area contributed by atoms with E-state index in [-0.39, 0.29) is 6.61 Å². The van der Waals surface area contributed by atoms with Crippen molar-refractivity contribution in [2.45, 2.75) is 33.2 Å². The molecular weight excluding hydrogens is 204 g/mol. The van der Waals surface area contributed by atoms with Gasteiger partial charge in [0.05, 0.1) is 0 Å². The summed E-state index contributed by atoms with van der Waals surface area (Å²) in [4.78, 5) is 8.56. The third-order valence-electron chi connectivity index (χ3n) is 1.92. The number of aromatic nitrogens is 2. The summed E-state index contributed by atoms with van der Waals surface area (Å²) in [7, 11) is 0. The van der Waals surface area contributed by atoms with E-state index in [0.29, 0.717) is 12.6 Å². The molecule has 5 heteroatoms. The molecule has 0 saturated heterocycles. The number of aliphatic hydroxyl groups is 1. The van der Waals surface area contributed by atoms with E-state index in [4.69, 9.17) is 5.11 Å². The highest BCUT2D eigenvalue weighted by Gasteiger charge is 2.02. The number of aliphatic hydroxyl groups excluding tert-OH is 1. The Kier molecular flexibility index (Phi) is 4.98. The van der Waals surface area contributed by atoms with Crippen molar-refractivity contribution in [1.29, 1.82) is 0 Å². The van der Waals surface area contributed by atoms with Crippen LogP contribution >= 0.6 is 0 Å². The van der Waals surface area contributed by atoms with Gasteiger partial charge in [0.1, 0.15) is 17.5 Å². The van der Waals surface area contributed by atoms with Crippen LogP contribution in [0, 0.1) is 6.92 Å². The topological polar surface area (TPSA) is 70.1 Å². The average molecular weight is 224 g/mol. The molecule has 0 aliphatic carbocycles. The molecule has 1 aromatic rings. The van der Waals surface area contributed by atoms with Gasteiger partial charge in [-0.1, -0.05) is 0 Å². The third kappa shape index (κ3) is 4.44. The third-order valence-corrected chi connectivity index (χ3v) is 1.92. The minimum Gasteiger partial charge on any atom is -0.396 e. The van der Waals surface area contributed by atoms with Crippen LogP contribution in [0.25, 0.3) is 0 Å². The lowest BCUT2D eigenvalue weighted by atomic mass is 10.3. The summed E-state index contributed by atoms with van der Waals surface area (Å²) in [6.45, 7) is 6.90. The number of rotatable bonds is 6. The Balaban J connectivity index is 2.65. The Bertz CT molecular complexity index is 328. The summed E-state index contributed by atoms with van der Waals surface area (Å²) in [5.74, 6) is 2.36. The maximum Gasteiger partial charge on any atom is 0.131 e. The fourth-order valence-electron chi connectivity index (χ4n) is 1.32. The van der Waals surface area contributed by atoms with Gasteiger partial charge in [0.25, 0.3) is 0 Å². The molecule has 0 spiro atoms. The van der Waals surface area contributed by atoms with Gasteiger partial charge in [0, 0.05) is 25.3 Å². The van der Waals surface area contributed by atoms with Crippen LogP contribution in [0.5, 0.6) is 0 Å². The lowest BCUT2D eigenvalue weighted by Gasteiger charge is -2.11. The van der Waals surface area contributed by atoms with Crippen molar-refractivity contribution in [3.63, 3.8) is 0 Å². The fourth-order valence-corrected chi connectivity index (χ4v) is 1.32. The highest BCUT2D eigenvalue weighted by Crippen LogP contribution is 2.11. The monoisotopic (exact) mass is 224 g/mol. The maximum absolute atomic E-state index is 8.69. The van der Waals surface area contributed by atoms with Crippen LogP contribution in [0.3, 0.4) is 0 Å². The molecule has 0 unspecified atom stereocenters. The molecule has 1 aromatic heterocycles. The fraction of sp³-hybridized carbons (Fsp3) is 0.636. The van der Waals surface area contributed by atoms with Gasteiger partial charge in [-0.15, -0.1) is 0 Å². The van der Waals surface area contributed by atoms with E-state index in [0.717, 1.165) is 23.9 Å². The van der Waals surface area contributed by atoms with Gasteiger partial charge in [0.15, 0.2) is 0 Å². The summed E-state index contributed by atoms with van der Waals surface area (Å²) in [6, 6.07) is 2.23. The van der Waals surface area contributed by atoms with Crippen LogP contribution in [-0.4, -0.2) is 34.3 Å². The molecule has 0 fully saturated rings. The van der Waals surface area contributed by atoms with Gasteiger partial charge in [-0.25, -0.2) is 9.97 Å². The Labute approximate surface area is 96.3 Å². The quantitative estimate of drug-likeness (QED) is 0.637. The molecule has 0 atom stereocenters. The molecule has 1 rings (SSSR count). The molecule has 16 heavy (non-hydrogen) atoms. The highest BCUT2D eigenvalue weighted by atomic mass is 16.3. The zero-order valence-corrected chi connectivity index (χ0v) is 10.1. The summed E-state index contributed by atoms with van der Waals surface area (Å²) in [5.41, 5.74) is 0. The molecular formula is C11H20N4O. The molecule has 0 bridgehead atoms. The molecule has 90 valence electrons. The first-order valence-corrected chi connectivity index (χ1v) is 5.58. The van der Waals surface area contributed by atoms with Crippen molar-refractivity contribution in [3.05, 3.63) is 11.9 Å². The second-order valence-corrected chi connectivity index (χ2v) is 3.99. The van der Waals surface area contributed by atoms with Crippen LogP contribution in [0.15, 0.2) is 6.07 Å². The van der Waals surface area contributed by atoms with Crippen molar-refractivity contribution in [2.75, 3.05) is 23.8 Å². The molecule has 0 amide bonds. The Morgan fingerprint density at radius 2 is 2.00 bits per heavy atom. The minimum atomic E-state index is 0.189. The maximum atomic E-state index is 8.69. The van der Waals surface area contributed by atoms with Crippen molar-refractivity contribution >= 4 is 11.6 Å². The van der Waals surface area contributed by atoms with Gasteiger partial charge in [0.2, 0.25) is 0 Å². The predicted molar refractivity (Wildman–Crippen MR) is 65.7 cm³/mol. The van der Waals surface area contributed by atoms with Crippen LogP contribution in [-0.2, 0) is 0 Å². The largest absolute Gasteiger partial charge is 0.396 e. The predicted octanol–water partition coefficient (Wildman–Crippen LogP) is 1.40. The molecule has 1 heterocycles. The molecule has 0 aliphatic rings. The summed E-state index contributed by atoms with van der Waals surface area (Å²) in [5, 5.41) is 15.1. The Morgan fingerprint density at radius 1 is 1.31 bits per heavy atom. The summed E-state index contributed by atoms with van der Waals surface area (Å²) < 4.78 is 0. The molecule has 0 saturated carbocycles. The normalized spacial score (nSPS) is 10.6. The molecule has 0 aliphatic heterocycles. The zero-order valence-electron chi connectivity index (χ0n) is 10.1. The molecule has 5 nitrogen and oxygen atoms in total. The smallest absolute Gasteiger partial charge is 0.131 e. The number of aryl methyl sites for hydroxylation is 1. The Hall–Kier alpha value is -1.36. The zero-order chi connectivity index (χ0) is 12.0. The van der Waals surface area contributed by atoms with E-state index in [2.05, 4.69) is 34.4 Å². The van der Waals surface area contributed by atoms with E-state index < -0.39 is 0 Å². The van der Waals surface area contributed by atoms with E-state index in [1.165, 1.54) is 0 Å². The van der Waals surface area contributed by atoms with Crippen molar-refractivity contribution in [2.24, 2.45) is 0 Å². The number of anilines is 2. The van der Waals surface area contributed by atoms with E-state index in [1.54, 1.807) is 0 Å². The SMILES string of the molecule is Cc1nc(NCCCO)cc(NC(C)C)n1.